The van der Waals surface area contributed by atoms with Crippen molar-refractivity contribution in [1.29, 1.82) is 0 Å². The van der Waals surface area contributed by atoms with Crippen molar-refractivity contribution >= 4 is 11.5 Å². The van der Waals surface area contributed by atoms with Crippen molar-refractivity contribution in [3.63, 3.8) is 0 Å². The van der Waals surface area contributed by atoms with E-state index in [1.807, 2.05) is 0 Å². The highest BCUT2D eigenvalue weighted by Crippen LogP contribution is 2.47. The highest BCUT2D eigenvalue weighted by atomic mass is 19.1. The molecule has 3 heteroatoms. The van der Waals surface area contributed by atoms with Gasteiger partial charge in [-0.2, -0.15) is 0 Å². The Morgan fingerprint density at radius 3 is 2.11 bits per heavy atom. The Morgan fingerprint density at radius 2 is 1.57 bits per heavy atom. The van der Waals surface area contributed by atoms with Gasteiger partial charge in [0.1, 0.15) is 5.82 Å². The summed E-state index contributed by atoms with van der Waals surface area (Å²) in [5.74, 6) is -1.02. The third-order valence-electron chi connectivity index (χ3n) is 6.24. The first kappa shape index (κ1) is 20.3. The van der Waals surface area contributed by atoms with Gasteiger partial charge in [-0.1, -0.05) is 52.5 Å². The fourth-order valence-corrected chi connectivity index (χ4v) is 4.20. The van der Waals surface area contributed by atoms with E-state index in [0.29, 0.717) is 11.1 Å². The second-order valence-corrected chi connectivity index (χ2v) is 9.15. The molecule has 0 heterocycles. The normalized spacial score (nSPS) is 17.0. The van der Waals surface area contributed by atoms with Gasteiger partial charge in [0.05, 0.1) is 12.7 Å². The number of aryl methyl sites for hydroxylation is 1. The molecule has 2 nitrogen and oxygen atoms in total. The van der Waals surface area contributed by atoms with Crippen LogP contribution in [0.2, 0.25) is 0 Å². The van der Waals surface area contributed by atoms with Gasteiger partial charge in [-0.05, 0) is 70.6 Å². The molecule has 0 fully saturated rings. The number of carbonyl (C=O) groups is 1. The van der Waals surface area contributed by atoms with E-state index in [2.05, 4.69) is 58.1 Å². The highest BCUT2D eigenvalue weighted by molar-refractivity contribution is 5.90. The zero-order valence-electron chi connectivity index (χ0n) is 17.7. The van der Waals surface area contributed by atoms with Crippen molar-refractivity contribution in [2.75, 3.05) is 7.11 Å². The smallest absolute Gasteiger partial charge is 0.337 e. The molecule has 0 aromatic heterocycles. The third-order valence-corrected chi connectivity index (χ3v) is 6.24. The van der Waals surface area contributed by atoms with Gasteiger partial charge >= 0.3 is 5.97 Å². The molecule has 0 bridgehead atoms. The summed E-state index contributed by atoms with van der Waals surface area (Å²) >= 11 is 0. The zero-order valence-corrected chi connectivity index (χ0v) is 17.7. The third kappa shape index (κ3) is 3.39. The van der Waals surface area contributed by atoms with Crippen molar-refractivity contribution in [2.24, 2.45) is 0 Å². The van der Waals surface area contributed by atoms with Crippen molar-refractivity contribution in [3.8, 4) is 0 Å². The van der Waals surface area contributed by atoms with Crippen LogP contribution in [0.15, 0.2) is 36.9 Å². The van der Waals surface area contributed by atoms with Crippen molar-refractivity contribution < 1.29 is 13.9 Å². The fourth-order valence-electron chi connectivity index (χ4n) is 4.20. The molecule has 0 spiro atoms. The molecular formula is C25H29FO2. The highest BCUT2D eigenvalue weighted by Gasteiger charge is 2.37. The Kier molecular flexibility index (Phi) is 4.99. The van der Waals surface area contributed by atoms with Gasteiger partial charge in [-0.25, -0.2) is 9.18 Å². The molecule has 2 aromatic rings. The van der Waals surface area contributed by atoms with Crippen LogP contribution >= 0.6 is 0 Å². The summed E-state index contributed by atoms with van der Waals surface area (Å²) in [6, 6.07) is 8.85. The summed E-state index contributed by atoms with van der Waals surface area (Å²) in [5, 5.41) is 0. The van der Waals surface area contributed by atoms with Crippen LogP contribution in [-0.2, 0) is 15.6 Å². The molecule has 1 aliphatic rings. The standard InChI is InChI=1S/C25H29FO2/c1-15-12-20-21(25(5,6)11-10-24(20,3)4)14-19(15)16(2)18-9-8-17(13-22(18)26)23(27)28-7/h8-9,12-14H,2,10-11H2,1,3-7H3. The van der Waals surface area contributed by atoms with E-state index < -0.39 is 11.8 Å². The number of esters is 1. The Morgan fingerprint density at radius 1 is 1.00 bits per heavy atom. The van der Waals surface area contributed by atoms with Crippen molar-refractivity contribution in [2.45, 2.75) is 58.3 Å². The van der Waals surface area contributed by atoms with Gasteiger partial charge < -0.3 is 4.74 Å². The summed E-state index contributed by atoms with van der Waals surface area (Å²) in [5.41, 5.74) is 6.17. The van der Waals surface area contributed by atoms with Crippen LogP contribution < -0.4 is 0 Å². The van der Waals surface area contributed by atoms with Crippen LogP contribution in [0.3, 0.4) is 0 Å². The minimum absolute atomic E-state index is 0.0703. The molecule has 0 N–H and O–H groups in total. The number of rotatable bonds is 3. The summed E-state index contributed by atoms with van der Waals surface area (Å²) in [4.78, 5) is 11.7. The topological polar surface area (TPSA) is 26.3 Å². The van der Waals surface area contributed by atoms with Crippen LogP contribution in [-0.4, -0.2) is 13.1 Å². The number of fused-ring (bicyclic) bond motifs is 1. The number of carbonyl (C=O) groups excluding carboxylic acids is 1. The average Bonchev–Trinajstić information content (AvgIpc) is 2.64. The number of hydrogen-bond donors (Lipinski definition) is 0. The molecule has 0 saturated heterocycles. The van der Waals surface area contributed by atoms with E-state index >= 15 is 0 Å². The maximum Gasteiger partial charge on any atom is 0.337 e. The number of methoxy groups -OCH3 is 1. The lowest BCUT2D eigenvalue weighted by Gasteiger charge is -2.42. The molecule has 1 aliphatic carbocycles. The van der Waals surface area contributed by atoms with Crippen LogP contribution in [0.1, 0.15) is 78.7 Å². The van der Waals surface area contributed by atoms with Crippen molar-refractivity contribution in [1.82, 2.24) is 0 Å². The molecule has 0 radical (unpaired) electrons. The Labute approximate surface area is 167 Å². The number of ether oxygens (including phenoxy) is 1. The second kappa shape index (κ2) is 6.88. The zero-order chi connectivity index (χ0) is 20.9. The maximum atomic E-state index is 14.8. The van der Waals surface area contributed by atoms with Gasteiger partial charge in [0.25, 0.3) is 0 Å². The summed E-state index contributed by atoms with van der Waals surface area (Å²) in [7, 11) is 1.28. The van der Waals surface area contributed by atoms with Crippen LogP contribution in [0.4, 0.5) is 4.39 Å². The van der Waals surface area contributed by atoms with E-state index in [0.717, 1.165) is 24.0 Å². The molecule has 0 aliphatic heterocycles. The predicted molar refractivity (Wildman–Crippen MR) is 112 cm³/mol. The van der Waals surface area contributed by atoms with Gasteiger partial charge in [0, 0.05) is 5.56 Å². The maximum absolute atomic E-state index is 14.8. The second-order valence-electron chi connectivity index (χ2n) is 9.15. The van der Waals surface area contributed by atoms with Gasteiger partial charge in [-0.15, -0.1) is 0 Å². The largest absolute Gasteiger partial charge is 0.465 e. The summed E-state index contributed by atoms with van der Waals surface area (Å²) in [6.45, 7) is 15.4. The Hall–Kier alpha value is -2.42. The van der Waals surface area contributed by atoms with Gasteiger partial charge in [0.15, 0.2) is 0 Å². The van der Waals surface area contributed by atoms with E-state index in [1.54, 1.807) is 12.1 Å². The first-order chi connectivity index (χ1) is 13.0. The van der Waals surface area contributed by atoms with Gasteiger partial charge in [0.2, 0.25) is 0 Å². The summed E-state index contributed by atoms with van der Waals surface area (Å²) < 4.78 is 19.4. The monoisotopic (exact) mass is 380 g/mol. The van der Waals surface area contributed by atoms with Crippen LogP contribution in [0.5, 0.6) is 0 Å². The molecular weight excluding hydrogens is 351 g/mol. The molecule has 0 saturated carbocycles. The molecule has 2 aromatic carbocycles. The Balaban J connectivity index is 2.10. The molecule has 0 amide bonds. The van der Waals surface area contributed by atoms with E-state index in [-0.39, 0.29) is 16.4 Å². The minimum atomic E-state index is -0.551. The lowest BCUT2D eigenvalue weighted by Crippen LogP contribution is -2.34. The molecule has 3 rings (SSSR count). The number of halogens is 1. The molecule has 0 unspecified atom stereocenters. The number of hydrogen-bond acceptors (Lipinski definition) is 2. The lowest BCUT2D eigenvalue weighted by molar-refractivity contribution is 0.0600. The lowest BCUT2D eigenvalue weighted by atomic mass is 9.62. The molecule has 148 valence electrons. The fraction of sp³-hybridized carbons (Fsp3) is 0.400. The van der Waals surface area contributed by atoms with Crippen molar-refractivity contribution in [3.05, 3.63) is 76.1 Å². The van der Waals surface area contributed by atoms with E-state index in [9.17, 15) is 9.18 Å². The Bertz CT molecular complexity index is 967. The molecule has 0 atom stereocenters. The molecule has 28 heavy (non-hydrogen) atoms. The first-order valence-corrected chi connectivity index (χ1v) is 9.71. The SMILES string of the molecule is C=C(c1cc2c(cc1C)C(C)(C)CCC2(C)C)c1ccc(C(=O)OC)cc1F. The average molecular weight is 381 g/mol. The predicted octanol–water partition coefficient (Wildman–Crippen LogP) is 6.33. The quantitative estimate of drug-likeness (QED) is 0.582. The van der Waals surface area contributed by atoms with E-state index in [4.69, 9.17) is 0 Å². The minimum Gasteiger partial charge on any atom is -0.465 e. The van der Waals surface area contributed by atoms with Crippen LogP contribution in [0.25, 0.3) is 5.57 Å². The van der Waals surface area contributed by atoms with Gasteiger partial charge in [-0.3, -0.25) is 0 Å². The summed E-state index contributed by atoms with van der Waals surface area (Å²) in [6.07, 6.45) is 2.26. The first-order valence-electron chi connectivity index (χ1n) is 9.71. The van der Waals surface area contributed by atoms with E-state index in [1.165, 1.54) is 24.3 Å². The van der Waals surface area contributed by atoms with Crippen LogP contribution in [0, 0.1) is 12.7 Å². The number of benzene rings is 2.